The Morgan fingerprint density at radius 2 is 1.71 bits per heavy atom. The van der Waals surface area contributed by atoms with Crippen molar-refractivity contribution in [3.63, 3.8) is 0 Å². The summed E-state index contributed by atoms with van der Waals surface area (Å²) in [5.74, 6) is -1.45. The van der Waals surface area contributed by atoms with Crippen molar-refractivity contribution in [1.29, 1.82) is 0 Å². The number of benzene rings is 2. The minimum atomic E-state index is -0.690. The third-order valence-corrected chi connectivity index (χ3v) is 7.48. The number of carbonyl (C=O) groups is 3. The van der Waals surface area contributed by atoms with Crippen molar-refractivity contribution in [3.05, 3.63) is 59.9 Å². The molecule has 1 N–H and O–H groups in total. The summed E-state index contributed by atoms with van der Waals surface area (Å²) < 4.78 is 19.8. The van der Waals surface area contributed by atoms with Crippen molar-refractivity contribution < 1.29 is 23.5 Å². The topological polar surface area (TPSA) is 79.0 Å². The zero-order valence-electron chi connectivity index (χ0n) is 19.7. The molecule has 1 unspecified atom stereocenters. The maximum absolute atomic E-state index is 14.1. The summed E-state index contributed by atoms with van der Waals surface area (Å²) in [6.45, 7) is 2.05. The molecule has 2 heterocycles. The number of piperazine rings is 1. The fourth-order valence-electron chi connectivity index (χ4n) is 5.63. The molecule has 184 valence electrons. The molecule has 1 saturated carbocycles. The summed E-state index contributed by atoms with van der Waals surface area (Å²) in [5.41, 5.74) is 0.865. The second-order valence-electron chi connectivity index (χ2n) is 9.66. The summed E-state index contributed by atoms with van der Waals surface area (Å²) >= 11 is 0. The number of hydrogen-bond acceptors (Lipinski definition) is 5. The first-order valence-electron chi connectivity index (χ1n) is 12.4. The van der Waals surface area contributed by atoms with Crippen molar-refractivity contribution in [1.82, 2.24) is 4.90 Å². The highest BCUT2D eigenvalue weighted by molar-refractivity contribution is 5.99. The van der Waals surface area contributed by atoms with Crippen LogP contribution >= 0.6 is 0 Å². The minimum absolute atomic E-state index is 0.0940. The molecular weight excluding hydrogens is 449 g/mol. The fourth-order valence-corrected chi connectivity index (χ4v) is 5.63. The van der Waals surface area contributed by atoms with Gasteiger partial charge in [0.2, 0.25) is 5.91 Å². The molecule has 5 rings (SSSR count). The van der Waals surface area contributed by atoms with E-state index in [2.05, 4.69) is 5.32 Å². The van der Waals surface area contributed by atoms with E-state index in [4.69, 9.17) is 4.74 Å². The molecule has 0 radical (unpaired) electrons. The van der Waals surface area contributed by atoms with Crippen LogP contribution in [0.2, 0.25) is 0 Å². The van der Waals surface area contributed by atoms with Crippen molar-refractivity contribution >= 4 is 29.2 Å². The molecule has 1 aliphatic carbocycles. The number of ether oxygens (including phenoxy) is 1. The van der Waals surface area contributed by atoms with Crippen molar-refractivity contribution in [2.45, 2.75) is 44.1 Å². The quantitative estimate of drug-likeness (QED) is 0.671. The SMILES string of the molecule is O=C1CC(C(=O)Nc2cccc(C(=O)N3CCN(c4ccccc4F)CC3)c2)C2(CCCCC2)O1. The fraction of sp³-hybridized carbons (Fsp3) is 0.444. The number of rotatable bonds is 4. The molecule has 3 aliphatic rings. The number of para-hydroxylation sites is 1. The Kier molecular flexibility index (Phi) is 6.45. The number of anilines is 2. The molecule has 35 heavy (non-hydrogen) atoms. The molecule has 1 atom stereocenters. The van der Waals surface area contributed by atoms with Crippen LogP contribution in [-0.2, 0) is 14.3 Å². The molecule has 2 aliphatic heterocycles. The number of nitrogens with zero attached hydrogens (tertiary/aromatic N) is 2. The molecule has 7 nitrogen and oxygen atoms in total. The average Bonchev–Trinajstić information content (AvgIpc) is 3.19. The van der Waals surface area contributed by atoms with Gasteiger partial charge in [0.1, 0.15) is 11.4 Å². The average molecular weight is 480 g/mol. The van der Waals surface area contributed by atoms with Gasteiger partial charge < -0.3 is 19.9 Å². The number of esters is 1. The van der Waals surface area contributed by atoms with Crippen LogP contribution in [0, 0.1) is 11.7 Å². The molecule has 2 amide bonds. The molecule has 2 saturated heterocycles. The lowest BCUT2D eigenvalue weighted by Crippen LogP contribution is -2.49. The van der Waals surface area contributed by atoms with E-state index in [1.807, 2.05) is 4.90 Å². The third kappa shape index (κ3) is 4.74. The first-order chi connectivity index (χ1) is 16.9. The zero-order chi connectivity index (χ0) is 24.4. The first-order valence-corrected chi connectivity index (χ1v) is 12.4. The van der Waals surface area contributed by atoms with E-state index in [0.717, 1.165) is 19.3 Å². The van der Waals surface area contributed by atoms with Crippen LogP contribution in [-0.4, -0.2) is 54.5 Å². The van der Waals surface area contributed by atoms with Gasteiger partial charge in [0.25, 0.3) is 5.91 Å². The molecule has 2 aromatic rings. The Bertz CT molecular complexity index is 1120. The van der Waals surface area contributed by atoms with Gasteiger partial charge in [-0.1, -0.05) is 24.6 Å². The highest BCUT2D eigenvalue weighted by Gasteiger charge is 2.52. The van der Waals surface area contributed by atoms with E-state index in [-0.39, 0.29) is 30.0 Å². The molecule has 3 fully saturated rings. The van der Waals surface area contributed by atoms with Crippen molar-refractivity contribution in [2.75, 3.05) is 36.4 Å². The maximum Gasteiger partial charge on any atom is 0.307 e. The van der Waals surface area contributed by atoms with Crippen molar-refractivity contribution in [3.8, 4) is 0 Å². The van der Waals surface area contributed by atoms with Gasteiger partial charge >= 0.3 is 5.97 Å². The molecule has 0 aromatic heterocycles. The van der Waals surface area contributed by atoms with Crippen LogP contribution in [0.15, 0.2) is 48.5 Å². The minimum Gasteiger partial charge on any atom is -0.458 e. The van der Waals surface area contributed by atoms with E-state index in [1.165, 1.54) is 6.07 Å². The van der Waals surface area contributed by atoms with Crippen LogP contribution in [0.25, 0.3) is 0 Å². The summed E-state index contributed by atoms with van der Waals surface area (Å²) in [5, 5.41) is 2.92. The highest BCUT2D eigenvalue weighted by Crippen LogP contribution is 2.44. The number of amides is 2. The Labute approximate surface area is 204 Å². The maximum atomic E-state index is 14.1. The second kappa shape index (κ2) is 9.68. The number of nitrogens with one attached hydrogen (secondary N) is 1. The van der Waals surface area contributed by atoms with Gasteiger partial charge in [0.05, 0.1) is 18.0 Å². The van der Waals surface area contributed by atoms with Gasteiger partial charge in [0, 0.05) is 37.4 Å². The lowest BCUT2D eigenvalue weighted by molar-refractivity contribution is -0.153. The summed E-state index contributed by atoms with van der Waals surface area (Å²) in [6.07, 6.45) is 4.52. The third-order valence-electron chi connectivity index (χ3n) is 7.48. The van der Waals surface area contributed by atoms with E-state index in [1.54, 1.807) is 47.4 Å². The van der Waals surface area contributed by atoms with Gasteiger partial charge in [-0.3, -0.25) is 14.4 Å². The molecule has 2 aromatic carbocycles. The van der Waals surface area contributed by atoms with E-state index in [9.17, 15) is 18.8 Å². The van der Waals surface area contributed by atoms with Crippen LogP contribution in [0.3, 0.4) is 0 Å². The summed E-state index contributed by atoms with van der Waals surface area (Å²) in [7, 11) is 0. The van der Waals surface area contributed by atoms with Gasteiger partial charge in [0.15, 0.2) is 0 Å². The largest absolute Gasteiger partial charge is 0.458 e. The lowest BCUT2D eigenvalue weighted by Gasteiger charge is -2.36. The Morgan fingerprint density at radius 1 is 0.971 bits per heavy atom. The Balaban J connectivity index is 1.23. The summed E-state index contributed by atoms with van der Waals surface area (Å²) in [6, 6.07) is 13.5. The zero-order valence-corrected chi connectivity index (χ0v) is 19.7. The van der Waals surface area contributed by atoms with Gasteiger partial charge in [-0.2, -0.15) is 0 Å². The Morgan fingerprint density at radius 3 is 2.46 bits per heavy atom. The van der Waals surface area contributed by atoms with E-state index in [0.29, 0.717) is 56.0 Å². The molecule has 0 bridgehead atoms. The second-order valence-corrected chi connectivity index (χ2v) is 9.66. The molecule has 1 spiro atoms. The molecular formula is C27H30FN3O4. The summed E-state index contributed by atoms with van der Waals surface area (Å²) in [4.78, 5) is 42.0. The van der Waals surface area contributed by atoms with Crippen LogP contribution in [0.1, 0.15) is 48.9 Å². The molecule has 8 heteroatoms. The van der Waals surface area contributed by atoms with Crippen molar-refractivity contribution in [2.24, 2.45) is 5.92 Å². The standard InChI is InChI=1S/C27H30FN3O4/c28-22-9-2-3-10-23(22)30-13-15-31(16-14-30)26(34)19-7-6-8-20(17-19)29-25(33)21-18-24(32)35-27(21)11-4-1-5-12-27/h2-3,6-10,17,21H,1,4-5,11-16,18H2,(H,29,33). The number of halogens is 1. The smallest absolute Gasteiger partial charge is 0.307 e. The lowest BCUT2D eigenvalue weighted by atomic mass is 9.75. The number of hydrogen-bond donors (Lipinski definition) is 1. The predicted octanol–water partition coefficient (Wildman–Crippen LogP) is 3.99. The number of carbonyl (C=O) groups excluding carboxylic acids is 3. The van der Waals surface area contributed by atoms with Gasteiger partial charge in [-0.25, -0.2) is 4.39 Å². The normalized spacial score (nSPS) is 21.6. The highest BCUT2D eigenvalue weighted by atomic mass is 19.1. The Hall–Kier alpha value is -3.42. The van der Waals surface area contributed by atoms with Crippen LogP contribution in [0.5, 0.6) is 0 Å². The van der Waals surface area contributed by atoms with Crippen LogP contribution in [0.4, 0.5) is 15.8 Å². The van der Waals surface area contributed by atoms with Gasteiger partial charge in [-0.15, -0.1) is 0 Å². The van der Waals surface area contributed by atoms with E-state index >= 15 is 0 Å². The monoisotopic (exact) mass is 479 g/mol. The van der Waals surface area contributed by atoms with Gasteiger partial charge in [-0.05, 0) is 56.0 Å². The predicted molar refractivity (Wildman–Crippen MR) is 130 cm³/mol. The first kappa shape index (κ1) is 23.3. The van der Waals surface area contributed by atoms with Crippen LogP contribution < -0.4 is 10.2 Å². The van der Waals surface area contributed by atoms with E-state index < -0.39 is 11.5 Å².